The average Bonchev–Trinajstić information content (AvgIpc) is 2.38. The van der Waals surface area contributed by atoms with Crippen LogP contribution in [-0.4, -0.2) is 58.3 Å². The third-order valence-corrected chi connectivity index (χ3v) is 3.22. The number of hydrogen-bond donors (Lipinski definition) is 5. The van der Waals surface area contributed by atoms with Crippen molar-refractivity contribution in [3.63, 3.8) is 0 Å². The van der Waals surface area contributed by atoms with Gasteiger partial charge in [0.05, 0.1) is 18.5 Å². The van der Waals surface area contributed by atoms with Crippen LogP contribution in [0.1, 0.15) is 32.1 Å². The summed E-state index contributed by atoms with van der Waals surface area (Å²) in [5, 5.41) is 29.5. The minimum atomic E-state index is -1.28. The van der Waals surface area contributed by atoms with Crippen LogP contribution in [0.4, 0.5) is 0 Å². The van der Waals surface area contributed by atoms with Crippen molar-refractivity contribution in [2.24, 2.45) is 5.73 Å². The molecular weight excluding hydrogens is 283 g/mol. The number of nitrogens with two attached hydrogens (primary N) is 1. The molecule has 0 radical (unpaired) electrons. The molecule has 6 N–H and O–H groups in total. The van der Waals surface area contributed by atoms with Gasteiger partial charge in [0.25, 0.3) is 0 Å². The summed E-state index contributed by atoms with van der Waals surface area (Å²) in [6, 6.07) is -1.11. The van der Waals surface area contributed by atoms with Gasteiger partial charge < -0.3 is 30.9 Å². The molecule has 0 aromatic carbocycles. The zero-order chi connectivity index (χ0) is 16.0. The van der Waals surface area contributed by atoms with E-state index in [4.69, 9.17) is 20.6 Å². The van der Waals surface area contributed by atoms with Crippen molar-refractivity contribution in [1.82, 2.24) is 5.32 Å². The number of nitrogens with one attached hydrogen (secondary N) is 1. The molecule has 118 valence electrons. The molecule has 3 atom stereocenters. The van der Waals surface area contributed by atoms with E-state index in [-0.39, 0.29) is 19.3 Å². The predicted molar refractivity (Wildman–Crippen MR) is 71.1 cm³/mol. The molecule has 1 aliphatic rings. The Bertz CT molecular complexity index is 406. The molecule has 1 saturated heterocycles. The largest absolute Gasteiger partial charge is 0.481 e. The Balaban J connectivity index is 2.34. The second-order valence-electron chi connectivity index (χ2n) is 4.98. The molecule has 21 heavy (non-hydrogen) atoms. The summed E-state index contributed by atoms with van der Waals surface area (Å²) in [7, 11) is -1.28. The third kappa shape index (κ3) is 6.11. The maximum Gasteiger partial charge on any atom is 0.478 e. The first-order chi connectivity index (χ1) is 9.79. The van der Waals surface area contributed by atoms with Gasteiger partial charge in [0.1, 0.15) is 6.04 Å². The number of hydrogen-bond acceptors (Lipinski definition) is 6. The van der Waals surface area contributed by atoms with E-state index in [0.29, 0.717) is 12.8 Å². The van der Waals surface area contributed by atoms with Gasteiger partial charge in [-0.3, -0.25) is 14.4 Å². The first-order valence-electron chi connectivity index (χ1n) is 6.62. The molecule has 1 rings (SSSR count). The molecule has 1 fully saturated rings. The van der Waals surface area contributed by atoms with Crippen molar-refractivity contribution in [3.8, 4) is 0 Å². The van der Waals surface area contributed by atoms with Gasteiger partial charge in [0.2, 0.25) is 5.91 Å². The van der Waals surface area contributed by atoms with Crippen molar-refractivity contribution in [2.45, 2.75) is 50.2 Å². The van der Waals surface area contributed by atoms with Gasteiger partial charge in [-0.25, -0.2) is 0 Å². The fourth-order valence-electron chi connectivity index (χ4n) is 2.05. The highest BCUT2D eigenvalue weighted by Crippen LogP contribution is 2.18. The van der Waals surface area contributed by atoms with E-state index in [1.165, 1.54) is 0 Å². The Kier molecular flexibility index (Phi) is 6.60. The average molecular weight is 302 g/mol. The first-order valence-corrected chi connectivity index (χ1v) is 6.62. The Morgan fingerprint density at radius 3 is 2.52 bits per heavy atom. The Morgan fingerprint density at radius 2 is 2.00 bits per heavy atom. The Hall–Kier alpha value is -1.65. The molecule has 1 amide bonds. The summed E-state index contributed by atoms with van der Waals surface area (Å²) in [5.41, 5.74) is 5.28. The zero-order valence-electron chi connectivity index (χ0n) is 11.4. The lowest BCUT2D eigenvalue weighted by Gasteiger charge is -2.30. The van der Waals surface area contributed by atoms with E-state index in [2.05, 4.69) is 5.32 Å². The van der Waals surface area contributed by atoms with Crippen molar-refractivity contribution in [1.29, 1.82) is 0 Å². The van der Waals surface area contributed by atoms with E-state index in [1.807, 2.05) is 0 Å². The van der Waals surface area contributed by atoms with Crippen LogP contribution in [0.15, 0.2) is 0 Å². The van der Waals surface area contributed by atoms with E-state index in [9.17, 15) is 19.4 Å². The van der Waals surface area contributed by atoms with Gasteiger partial charge in [0, 0.05) is 6.42 Å². The lowest BCUT2D eigenvalue weighted by Crippen LogP contribution is -2.53. The Morgan fingerprint density at radius 1 is 1.33 bits per heavy atom. The number of carbonyl (C=O) groups excluding carboxylic acids is 1. The van der Waals surface area contributed by atoms with Crippen LogP contribution in [0.5, 0.6) is 0 Å². The van der Waals surface area contributed by atoms with Crippen molar-refractivity contribution in [3.05, 3.63) is 0 Å². The molecule has 0 saturated carbocycles. The molecule has 2 unspecified atom stereocenters. The van der Waals surface area contributed by atoms with Crippen LogP contribution >= 0.6 is 0 Å². The lowest BCUT2D eigenvalue weighted by molar-refractivity contribution is -0.140. The van der Waals surface area contributed by atoms with Gasteiger partial charge >= 0.3 is 19.1 Å². The van der Waals surface area contributed by atoms with E-state index in [0.717, 1.165) is 0 Å². The molecule has 0 aromatic rings. The SMILES string of the molecule is NC(CCC(=O)NC1CC[C@@H](CC(=O)O)OB1O)C(=O)O. The topological polar surface area (TPSA) is 159 Å². The molecule has 10 heteroatoms. The fraction of sp³-hybridized carbons (Fsp3) is 0.727. The van der Waals surface area contributed by atoms with Crippen molar-refractivity contribution < 1.29 is 34.3 Å². The number of carboxylic acids is 2. The molecule has 0 spiro atoms. The highest BCUT2D eigenvalue weighted by atomic mass is 16.5. The van der Waals surface area contributed by atoms with Gasteiger partial charge in [-0.05, 0) is 19.3 Å². The molecule has 1 heterocycles. The zero-order valence-corrected chi connectivity index (χ0v) is 11.4. The number of carbonyl (C=O) groups is 3. The van der Waals surface area contributed by atoms with E-state index >= 15 is 0 Å². The molecule has 0 aliphatic carbocycles. The quantitative estimate of drug-likeness (QED) is 0.349. The minimum absolute atomic E-state index is 0.00746. The van der Waals surface area contributed by atoms with Crippen molar-refractivity contribution in [2.75, 3.05) is 0 Å². The van der Waals surface area contributed by atoms with Gasteiger partial charge in [-0.1, -0.05) is 0 Å². The second kappa shape index (κ2) is 7.96. The molecule has 9 nitrogen and oxygen atoms in total. The number of amides is 1. The van der Waals surface area contributed by atoms with Crippen LogP contribution in [0, 0.1) is 0 Å². The van der Waals surface area contributed by atoms with E-state index < -0.39 is 43.1 Å². The van der Waals surface area contributed by atoms with Gasteiger partial charge in [-0.15, -0.1) is 0 Å². The van der Waals surface area contributed by atoms with Crippen LogP contribution in [0.25, 0.3) is 0 Å². The smallest absolute Gasteiger partial charge is 0.478 e. The van der Waals surface area contributed by atoms with Crippen LogP contribution in [0.3, 0.4) is 0 Å². The normalized spacial score (nSPS) is 23.4. The second-order valence-corrected chi connectivity index (χ2v) is 4.98. The highest BCUT2D eigenvalue weighted by Gasteiger charge is 2.36. The molecule has 0 bridgehead atoms. The molecular formula is C11H19BN2O7. The summed E-state index contributed by atoms with van der Waals surface area (Å²) in [5.74, 6) is -3.27. The molecule has 0 aromatic heterocycles. The third-order valence-electron chi connectivity index (χ3n) is 3.22. The van der Waals surface area contributed by atoms with Gasteiger partial charge in [0.15, 0.2) is 0 Å². The summed E-state index contributed by atoms with van der Waals surface area (Å²) < 4.78 is 5.12. The minimum Gasteiger partial charge on any atom is -0.481 e. The maximum absolute atomic E-state index is 11.6. The standard InChI is InChI=1S/C11H19BN2O7/c13-7(11(18)19)2-4-9(15)14-8-3-1-6(5-10(16)17)21-12(8)20/h6-8,20H,1-5,13H2,(H,14,15)(H,16,17)(H,18,19)/t6-,7?,8?/m0/s1. The maximum atomic E-state index is 11.6. The van der Waals surface area contributed by atoms with Crippen LogP contribution in [-0.2, 0) is 19.0 Å². The highest BCUT2D eigenvalue weighted by molar-refractivity contribution is 6.45. The summed E-state index contributed by atoms with van der Waals surface area (Å²) in [6.07, 6.45) is -0.0720. The van der Waals surface area contributed by atoms with Crippen LogP contribution < -0.4 is 11.1 Å². The predicted octanol–water partition coefficient (Wildman–Crippen LogP) is -1.66. The van der Waals surface area contributed by atoms with Gasteiger partial charge in [-0.2, -0.15) is 0 Å². The van der Waals surface area contributed by atoms with Crippen LogP contribution in [0.2, 0.25) is 0 Å². The lowest BCUT2D eigenvalue weighted by atomic mass is 9.72. The first kappa shape index (κ1) is 17.4. The van der Waals surface area contributed by atoms with E-state index in [1.54, 1.807) is 0 Å². The summed E-state index contributed by atoms with van der Waals surface area (Å²) in [6.45, 7) is 0. The fourth-order valence-corrected chi connectivity index (χ4v) is 2.05. The van der Waals surface area contributed by atoms with Crippen molar-refractivity contribution >= 4 is 25.0 Å². The number of aliphatic carboxylic acids is 2. The molecule has 1 aliphatic heterocycles. The Labute approximate surface area is 121 Å². The number of rotatable bonds is 7. The summed E-state index contributed by atoms with van der Waals surface area (Å²) >= 11 is 0. The monoisotopic (exact) mass is 302 g/mol. The number of carboxylic acid groups (broad SMARTS) is 2. The summed E-state index contributed by atoms with van der Waals surface area (Å²) in [4.78, 5) is 32.7.